The summed E-state index contributed by atoms with van der Waals surface area (Å²) in [5.41, 5.74) is 2.35. The monoisotopic (exact) mass is 457 g/mol. The fourth-order valence-corrected chi connectivity index (χ4v) is 3.28. The summed E-state index contributed by atoms with van der Waals surface area (Å²) in [4.78, 5) is 49.8. The number of hydrogen-bond donors (Lipinski definition) is 2. The largest absolute Gasteiger partial charge is 0.347 e. The van der Waals surface area contributed by atoms with Gasteiger partial charge in [0.05, 0.1) is 17.7 Å². The number of fused-ring (bicyclic) bond motifs is 1. The van der Waals surface area contributed by atoms with Crippen molar-refractivity contribution in [2.45, 2.75) is 19.8 Å². The van der Waals surface area contributed by atoms with E-state index in [0.717, 1.165) is 14.9 Å². The normalized spacial score (nSPS) is 12.7. The van der Waals surface area contributed by atoms with Gasteiger partial charge in [0, 0.05) is 23.1 Å². The van der Waals surface area contributed by atoms with Gasteiger partial charge < -0.3 is 10.6 Å². The fourth-order valence-electron chi connectivity index (χ4n) is 3.01. The minimum atomic E-state index is -0.337. The maximum absolute atomic E-state index is 12.4. The maximum Gasteiger partial charge on any atom is 0.261 e. The van der Waals surface area contributed by atoms with Gasteiger partial charge in [0.15, 0.2) is 0 Å². The van der Waals surface area contributed by atoms with Crippen molar-refractivity contribution in [3.05, 3.63) is 63.6 Å². The van der Waals surface area contributed by atoms with Gasteiger partial charge in [0.25, 0.3) is 11.8 Å². The molecule has 0 aromatic heterocycles. The Hall–Kier alpha value is -3.00. The number of nitrogens with zero attached hydrogens (tertiary/aromatic N) is 1. The average molecular weight is 458 g/mol. The molecule has 1 aliphatic heterocycles. The highest BCUT2D eigenvalue weighted by Crippen LogP contribution is 2.24. The molecule has 0 fully saturated rings. The van der Waals surface area contributed by atoms with E-state index in [-0.39, 0.29) is 43.1 Å². The van der Waals surface area contributed by atoms with Crippen molar-refractivity contribution in [1.29, 1.82) is 0 Å². The molecule has 1 heterocycles. The number of aryl methyl sites for hydroxylation is 1. The lowest BCUT2D eigenvalue weighted by atomic mass is 10.1. The smallest absolute Gasteiger partial charge is 0.261 e. The van der Waals surface area contributed by atoms with Gasteiger partial charge in [0.2, 0.25) is 11.8 Å². The third-order valence-corrected chi connectivity index (χ3v) is 5.01. The summed E-state index contributed by atoms with van der Waals surface area (Å²) >= 11 is 3.31. The van der Waals surface area contributed by atoms with E-state index >= 15 is 0 Å². The van der Waals surface area contributed by atoms with Gasteiger partial charge in [-0.05, 0) is 49.7 Å². The van der Waals surface area contributed by atoms with Gasteiger partial charge in [-0.1, -0.05) is 27.6 Å². The molecule has 0 saturated heterocycles. The van der Waals surface area contributed by atoms with Gasteiger partial charge in [-0.15, -0.1) is 0 Å². The highest BCUT2D eigenvalue weighted by atomic mass is 79.9. The van der Waals surface area contributed by atoms with Crippen LogP contribution in [0.25, 0.3) is 0 Å². The molecule has 0 unspecified atom stereocenters. The third-order valence-electron chi connectivity index (χ3n) is 4.49. The zero-order valence-electron chi connectivity index (χ0n) is 15.8. The van der Waals surface area contributed by atoms with Crippen molar-refractivity contribution < 1.29 is 19.2 Å². The topological polar surface area (TPSA) is 95.6 Å². The van der Waals surface area contributed by atoms with Crippen LogP contribution in [0.4, 0.5) is 5.69 Å². The summed E-state index contributed by atoms with van der Waals surface area (Å²) in [7, 11) is 0. The first-order valence-corrected chi connectivity index (χ1v) is 9.93. The van der Waals surface area contributed by atoms with E-state index < -0.39 is 0 Å². The first kappa shape index (κ1) is 20.7. The molecule has 0 aliphatic carbocycles. The van der Waals surface area contributed by atoms with E-state index in [9.17, 15) is 19.2 Å². The van der Waals surface area contributed by atoms with E-state index in [4.69, 9.17) is 0 Å². The van der Waals surface area contributed by atoms with Crippen LogP contribution in [-0.4, -0.2) is 41.6 Å². The van der Waals surface area contributed by atoms with Crippen LogP contribution in [0, 0.1) is 6.92 Å². The molecule has 0 bridgehead atoms. The second-order valence-electron chi connectivity index (χ2n) is 6.75. The lowest BCUT2D eigenvalue weighted by Crippen LogP contribution is -2.34. The van der Waals surface area contributed by atoms with Crippen LogP contribution < -0.4 is 10.6 Å². The molecule has 2 N–H and O–H groups in total. The number of carbonyl (C=O) groups excluding carboxylic acids is 4. The van der Waals surface area contributed by atoms with Crippen LogP contribution in [0.1, 0.15) is 39.1 Å². The van der Waals surface area contributed by atoms with E-state index in [1.807, 2.05) is 6.92 Å². The summed E-state index contributed by atoms with van der Waals surface area (Å²) in [6.45, 7) is 1.86. The zero-order valence-corrected chi connectivity index (χ0v) is 17.4. The summed E-state index contributed by atoms with van der Waals surface area (Å²) in [5, 5.41) is 5.22. The minimum absolute atomic E-state index is 0.109. The van der Waals surface area contributed by atoms with Crippen LogP contribution in [0.5, 0.6) is 0 Å². The molecule has 2 aromatic carbocycles. The zero-order chi connectivity index (χ0) is 21.0. The average Bonchev–Trinajstić information content (AvgIpc) is 2.92. The minimum Gasteiger partial charge on any atom is -0.347 e. The SMILES string of the molecule is Cc1ccc2c(c1)C(=O)N(CCCC(=O)NCC(=O)Nc1ccc(Br)cc1)C2=O. The van der Waals surface area contributed by atoms with Crippen LogP contribution >= 0.6 is 15.9 Å². The molecule has 150 valence electrons. The molecule has 0 atom stereocenters. The fraction of sp³-hybridized carbons (Fsp3) is 0.238. The number of amides is 4. The molecular formula is C21H20BrN3O4. The van der Waals surface area contributed by atoms with Crippen LogP contribution in [-0.2, 0) is 9.59 Å². The molecule has 0 spiro atoms. The van der Waals surface area contributed by atoms with Crippen molar-refractivity contribution in [3.8, 4) is 0 Å². The number of nitrogens with one attached hydrogen (secondary N) is 2. The second-order valence-corrected chi connectivity index (χ2v) is 7.66. The quantitative estimate of drug-likeness (QED) is 0.624. The Labute approximate surface area is 176 Å². The second kappa shape index (κ2) is 9.00. The van der Waals surface area contributed by atoms with Crippen molar-refractivity contribution >= 4 is 45.2 Å². The predicted molar refractivity (Wildman–Crippen MR) is 112 cm³/mol. The Morgan fingerprint density at radius 2 is 1.66 bits per heavy atom. The summed E-state index contributed by atoms with van der Waals surface area (Å²) < 4.78 is 0.900. The molecule has 3 rings (SSSR count). The van der Waals surface area contributed by atoms with Crippen molar-refractivity contribution in [2.24, 2.45) is 0 Å². The molecule has 2 aromatic rings. The number of imide groups is 1. The lowest BCUT2D eigenvalue weighted by Gasteiger charge is -2.13. The molecule has 29 heavy (non-hydrogen) atoms. The highest BCUT2D eigenvalue weighted by molar-refractivity contribution is 9.10. The van der Waals surface area contributed by atoms with Gasteiger partial charge in [-0.3, -0.25) is 24.1 Å². The van der Waals surface area contributed by atoms with Crippen LogP contribution in [0.15, 0.2) is 46.9 Å². The molecule has 7 nitrogen and oxygen atoms in total. The predicted octanol–water partition coefficient (Wildman–Crippen LogP) is 2.89. The Kier molecular flexibility index (Phi) is 6.43. The standard InChI is InChI=1S/C21H20BrN3O4/c1-13-4-9-16-17(11-13)21(29)25(20(16)28)10-2-3-18(26)23-12-19(27)24-15-7-5-14(22)6-8-15/h4-9,11H,2-3,10,12H2,1H3,(H,23,26)(H,24,27). The van der Waals surface area contributed by atoms with Gasteiger partial charge in [0.1, 0.15) is 0 Å². The van der Waals surface area contributed by atoms with Gasteiger partial charge in [-0.2, -0.15) is 0 Å². The van der Waals surface area contributed by atoms with Gasteiger partial charge in [-0.25, -0.2) is 0 Å². The van der Waals surface area contributed by atoms with E-state index in [2.05, 4.69) is 26.6 Å². The highest BCUT2D eigenvalue weighted by Gasteiger charge is 2.34. The Morgan fingerprint density at radius 1 is 0.966 bits per heavy atom. The summed E-state index contributed by atoms with van der Waals surface area (Å²) in [5.74, 6) is -1.32. The number of anilines is 1. The number of carbonyl (C=O) groups is 4. The van der Waals surface area contributed by atoms with Crippen LogP contribution in [0.3, 0.4) is 0 Å². The first-order chi connectivity index (χ1) is 13.8. The first-order valence-electron chi connectivity index (χ1n) is 9.14. The number of halogens is 1. The van der Waals surface area contributed by atoms with E-state index in [0.29, 0.717) is 23.2 Å². The van der Waals surface area contributed by atoms with E-state index in [1.165, 1.54) is 0 Å². The lowest BCUT2D eigenvalue weighted by molar-refractivity contribution is -0.124. The summed E-state index contributed by atoms with van der Waals surface area (Å²) in [6, 6.07) is 12.2. The Bertz CT molecular complexity index is 972. The molecular weight excluding hydrogens is 438 g/mol. The number of hydrogen-bond acceptors (Lipinski definition) is 4. The number of benzene rings is 2. The molecule has 4 amide bonds. The maximum atomic E-state index is 12.4. The Balaban J connectivity index is 1.41. The summed E-state index contributed by atoms with van der Waals surface area (Å²) in [6.07, 6.45) is 0.433. The van der Waals surface area contributed by atoms with Crippen molar-refractivity contribution in [1.82, 2.24) is 10.2 Å². The van der Waals surface area contributed by atoms with Crippen molar-refractivity contribution in [3.63, 3.8) is 0 Å². The molecule has 1 aliphatic rings. The van der Waals surface area contributed by atoms with Crippen LogP contribution in [0.2, 0.25) is 0 Å². The molecule has 0 radical (unpaired) electrons. The number of rotatable bonds is 7. The van der Waals surface area contributed by atoms with E-state index in [1.54, 1.807) is 42.5 Å². The third kappa shape index (κ3) is 5.08. The molecule has 0 saturated carbocycles. The van der Waals surface area contributed by atoms with Gasteiger partial charge >= 0.3 is 0 Å². The van der Waals surface area contributed by atoms with Crippen molar-refractivity contribution in [2.75, 3.05) is 18.4 Å². The Morgan fingerprint density at radius 3 is 2.38 bits per heavy atom. The molecule has 8 heteroatoms.